The zero-order valence-corrected chi connectivity index (χ0v) is 14.6. The van der Waals surface area contributed by atoms with Crippen LogP contribution in [0.3, 0.4) is 0 Å². The maximum absolute atomic E-state index is 12.2. The summed E-state index contributed by atoms with van der Waals surface area (Å²) in [6.07, 6.45) is 0.233. The van der Waals surface area contributed by atoms with Crippen molar-refractivity contribution in [1.29, 1.82) is 0 Å². The number of amides is 3. The van der Waals surface area contributed by atoms with Crippen LogP contribution < -0.4 is 16.4 Å². The van der Waals surface area contributed by atoms with E-state index in [9.17, 15) is 9.59 Å². The van der Waals surface area contributed by atoms with Gasteiger partial charge in [-0.1, -0.05) is 52.0 Å². The number of primary amides is 1. The number of nitrogens with one attached hydrogen (secondary N) is 2. The molecule has 5 heteroatoms. The van der Waals surface area contributed by atoms with Gasteiger partial charge in [0.25, 0.3) is 0 Å². The lowest BCUT2D eigenvalue weighted by molar-refractivity contribution is -0.117. The number of carbonyl (C=O) groups is 2. The number of rotatable bonds is 5. The summed E-state index contributed by atoms with van der Waals surface area (Å²) in [5, 5.41) is 6.00. The molecular formula is C18H27N3O2. The number of hydrogen-bond donors (Lipinski definition) is 3. The van der Waals surface area contributed by atoms with Crippen molar-refractivity contribution in [3.63, 3.8) is 0 Å². The summed E-state index contributed by atoms with van der Waals surface area (Å²) in [6.45, 7) is 11.2. The fourth-order valence-electron chi connectivity index (χ4n) is 3.34. The topological polar surface area (TPSA) is 84.2 Å². The van der Waals surface area contributed by atoms with Crippen LogP contribution in [0.1, 0.15) is 45.7 Å². The summed E-state index contributed by atoms with van der Waals surface area (Å²) in [5.74, 6) is -0.349. The molecule has 0 aliphatic heterocycles. The summed E-state index contributed by atoms with van der Waals surface area (Å²) in [4.78, 5) is 23.0. The second kappa shape index (κ2) is 5.55. The SMILES string of the molecule is CC1(C)C(C)(C)C1(C)NC(=O)NCc1ccc(CC(N)=O)cc1. The van der Waals surface area contributed by atoms with Crippen molar-refractivity contribution < 1.29 is 9.59 Å². The first-order valence-corrected chi connectivity index (χ1v) is 7.93. The van der Waals surface area contributed by atoms with Gasteiger partial charge in [-0.05, 0) is 28.9 Å². The molecule has 0 unspecified atom stereocenters. The second-order valence-electron chi connectivity index (χ2n) is 7.64. The largest absolute Gasteiger partial charge is 0.369 e. The van der Waals surface area contributed by atoms with Crippen molar-refractivity contribution >= 4 is 11.9 Å². The molecule has 0 atom stereocenters. The molecule has 1 aliphatic carbocycles. The minimum atomic E-state index is -0.349. The van der Waals surface area contributed by atoms with Crippen LogP contribution in [0.15, 0.2) is 24.3 Å². The highest BCUT2D eigenvalue weighted by atomic mass is 16.2. The van der Waals surface area contributed by atoms with Crippen molar-refractivity contribution in [2.24, 2.45) is 16.6 Å². The Kier molecular flexibility index (Phi) is 4.18. The van der Waals surface area contributed by atoms with Crippen LogP contribution >= 0.6 is 0 Å². The maximum atomic E-state index is 12.2. The zero-order valence-electron chi connectivity index (χ0n) is 14.6. The third kappa shape index (κ3) is 2.92. The molecule has 3 amide bonds. The minimum absolute atomic E-state index is 0.0632. The number of urea groups is 1. The summed E-state index contributed by atoms with van der Waals surface area (Å²) in [6, 6.07) is 7.34. The molecule has 0 heterocycles. The molecule has 0 aromatic heterocycles. The molecule has 4 N–H and O–H groups in total. The third-order valence-corrected chi connectivity index (χ3v) is 6.22. The molecule has 2 rings (SSSR count). The predicted molar refractivity (Wildman–Crippen MR) is 90.7 cm³/mol. The zero-order chi connectivity index (χ0) is 17.5. The van der Waals surface area contributed by atoms with Gasteiger partial charge >= 0.3 is 6.03 Å². The predicted octanol–water partition coefficient (Wildman–Crippen LogP) is 2.34. The van der Waals surface area contributed by atoms with Crippen LogP contribution in [-0.2, 0) is 17.8 Å². The van der Waals surface area contributed by atoms with Gasteiger partial charge < -0.3 is 16.4 Å². The molecule has 1 aromatic carbocycles. The Morgan fingerprint density at radius 3 is 1.87 bits per heavy atom. The van der Waals surface area contributed by atoms with Crippen molar-refractivity contribution in [2.45, 2.75) is 53.1 Å². The lowest BCUT2D eigenvalue weighted by atomic mass is 10.0. The smallest absolute Gasteiger partial charge is 0.315 e. The Hall–Kier alpha value is -2.04. The lowest BCUT2D eigenvalue weighted by Gasteiger charge is -2.19. The van der Waals surface area contributed by atoms with Gasteiger partial charge in [0.2, 0.25) is 5.91 Å². The molecule has 1 fully saturated rings. The van der Waals surface area contributed by atoms with E-state index in [2.05, 4.69) is 45.3 Å². The third-order valence-electron chi connectivity index (χ3n) is 6.22. The standard InChI is InChI=1S/C18H27N3O2/c1-16(2)17(3,4)18(16,5)21-15(23)20-11-13-8-6-12(7-9-13)10-14(19)22/h6-9H,10-11H2,1-5H3,(H2,19,22)(H2,20,21,23). The Labute approximate surface area is 138 Å². The highest BCUT2D eigenvalue weighted by molar-refractivity contribution is 5.77. The molecule has 0 saturated heterocycles. The molecule has 5 nitrogen and oxygen atoms in total. The molecular weight excluding hydrogens is 290 g/mol. The van der Waals surface area contributed by atoms with E-state index in [-0.39, 0.29) is 34.7 Å². The quantitative estimate of drug-likeness (QED) is 0.779. The van der Waals surface area contributed by atoms with E-state index in [0.717, 1.165) is 11.1 Å². The van der Waals surface area contributed by atoms with Crippen LogP contribution in [0.2, 0.25) is 0 Å². The summed E-state index contributed by atoms with van der Waals surface area (Å²) in [7, 11) is 0. The molecule has 23 heavy (non-hydrogen) atoms. The van der Waals surface area contributed by atoms with Gasteiger partial charge in [0.15, 0.2) is 0 Å². The maximum Gasteiger partial charge on any atom is 0.315 e. The van der Waals surface area contributed by atoms with Crippen molar-refractivity contribution in [3.05, 3.63) is 35.4 Å². The normalized spacial score (nSPS) is 19.7. The van der Waals surface area contributed by atoms with Gasteiger partial charge in [-0.3, -0.25) is 4.79 Å². The summed E-state index contributed by atoms with van der Waals surface area (Å²) in [5.41, 5.74) is 6.93. The van der Waals surface area contributed by atoms with Crippen molar-refractivity contribution in [3.8, 4) is 0 Å². The highest BCUT2D eigenvalue weighted by Gasteiger charge is 2.75. The first-order chi connectivity index (χ1) is 10.5. The first-order valence-electron chi connectivity index (χ1n) is 7.93. The van der Waals surface area contributed by atoms with E-state index in [4.69, 9.17) is 5.73 Å². The van der Waals surface area contributed by atoms with Crippen LogP contribution in [0, 0.1) is 10.8 Å². The Morgan fingerprint density at radius 2 is 1.43 bits per heavy atom. The first kappa shape index (κ1) is 17.3. The molecule has 1 saturated carbocycles. The average Bonchev–Trinajstić information content (AvgIpc) is 2.74. The highest BCUT2D eigenvalue weighted by Crippen LogP contribution is 2.70. The Morgan fingerprint density at radius 1 is 0.957 bits per heavy atom. The molecule has 126 valence electrons. The summed E-state index contributed by atoms with van der Waals surface area (Å²) >= 11 is 0. The monoisotopic (exact) mass is 317 g/mol. The van der Waals surface area contributed by atoms with Gasteiger partial charge in [0.05, 0.1) is 12.0 Å². The second-order valence-corrected chi connectivity index (χ2v) is 7.64. The number of hydrogen-bond acceptors (Lipinski definition) is 2. The van der Waals surface area contributed by atoms with E-state index in [1.54, 1.807) is 0 Å². The molecule has 0 radical (unpaired) electrons. The van der Waals surface area contributed by atoms with Crippen LogP contribution in [0.4, 0.5) is 4.79 Å². The fourth-order valence-corrected chi connectivity index (χ4v) is 3.34. The number of carbonyl (C=O) groups excluding carboxylic acids is 2. The van der Waals surface area contributed by atoms with Crippen molar-refractivity contribution in [1.82, 2.24) is 10.6 Å². The van der Waals surface area contributed by atoms with E-state index in [1.807, 2.05) is 24.3 Å². The van der Waals surface area contributed by atoms with Gasteiger partial charge in [0, 0.05) is 6.54 Å². The van der Waals surface area contributed by atoms with Gasteiger partial charge in [-0.2, -0.15) is 0 Å². The average molecular weight is 317 g/mol. The van der Waals surface area contributed by atoms with E-state index >= 15 is 0 Å². The van der Waals surface area contributed by atoms with E-state index in [1.165, 1.54) is 0 Å². The Balaban J connectivity index is 1.87. The number of nitrogens with two attached hydrogens (primary N) is 1. The van der Waals surface area contributed by atoms with Crippen LogP contribution in [0.5, 0.6) is 0 Å². The molecule has 0 bridgehead atoms. The van der Waals surface area contributed by atoms with Crippen molar-refractivity contribution in [2.75, 3.05) is 0 Å². The minimum Gasteiger partial charge on any atom is -0.369 e. The van der Waals surface area contributed by atoms with Crippen LogP contribution in [0.25, 0.3) is 0 Å². The Bertz CT molecular complexity index is 604. The lowest BCUT2D eigenvalue weighted by Crippen LogP contribution is -2.45. The van der Waals surface area contributed by atoms with E-state index < -0.39 is 0 Å². The fraction of sp³-hybridized carbons (Fsp3) is 0.556. The molecule has 1 aromatic rings. The van der Waals surface area contributed by atoms with Gasteiger partial charge in [-0.15, -0.1) is 0 Å². The summed E-state index contributed by atoms with van der Waals surface area (Å²) < 4.78 is 0. The van der Waals surface area contributed by atoms with Gasteiger partial charge in [-0.25, -0.2) is 4.79 Å². The number of benzene rings is 1. The van der Waals surface area contributed by atoms with E-state index in [0.29, 0.717) is 6.54 Å². The van der Waals surface area contributed by atoms with Crippen LogP contribution in [-0.4, -0.2) is 17.5 Å². The molecule has 0 spiro atoms. The van der Waals surface area contributed by atoms with Gasteiger partial charge in [0.1, 0.15) is 0 Å². The molecule has 1 aliphatic rings.